The average Bonchev–Trinajstić information content (AvgIpc) is 3.06. The number of benzene rings is 1. The Morgan fingerprint density at radius 1 is 1.36 bits per heavy atom. The van der Waals surface area contributed by atoms with Crippen molar-refractivity contribution >= 4 is 29.1 Å². The molecule has 7 nitrogen and oxygen atoms in total. The van der Waals surface area contributed by atoms with Crippen LogP contribution in [-0.4, -0.2) is 27.8 Å². The number of carbonyl (C=O) groups is 1. The van der Waals surface area contributed by atoms with Crippen LogP contribution in [0.25, 0.3) is 5.69 Å². The minimum atomic E-state index is -0.473. The number of hydrogen-bond donors (Lipinski definition) is 2. The molecule has 0 spiro atoms. The molecule has 3 aromatic rings. The van der Waals surface area contributed by atoms with Crippen molar-refractivity contribution in [3.63, 3.8) is 0 Å². The first-order chi connectivity index (χ1) is 12.0. The number of ether oxygens (including phenoxy) is 1. The summed E-state index contributed by atoms with van der Waals surface area (Å²) in [6.07, 6.45) is 2.94. The van der Waals surface area contributed by atoms with E-state index in [0.717, 1.165) is 0 Å². The van der Waals surface area contributed by atoms with Gasteiger partial charge in [-0.1, -0.05) is 11.6 Å². The van der Waals surface area contributed by atoms with Crippen LogP contribution in [0.15, 0.2) is 42.7 Å². The van der Waals surface area contributed by atoms with Crippen LogP contribution in [0.4, 0.5) is 16.0 Å². The van der Waals surface area contributed by atoms with Gasteiger partial charge in [-0.05, 0) is 18.2 Å². The molecule has 0 atom stereocenters. The van der Waals surface area contributed by atoms with E-state index in [0.29, 0.717) is 11.5 Å². The number of amides is 1. The predicted octanol–water partition coefficient (Wildman–Crippen LogP) is 2.90. The highest BCUT2D eigenvalue weighted by molar-refractivity contribution is 6.33. The van der Waals surface area contributed by atoms with Gasteiger partial charge in [0.2, 0.25) is 0 Å². The van der Waals surface area contributed by atoms with Crippen molar-refractivity contribution < 1.29 is 13.9 Å². The Bertz CT molecular complexity index is 944. The fraction of sp³-hybridized carbons (Fsp3) is 0.0625. The van der Waals surface area contributed by atoms with Gasteiger partial charge >= 0.3 is 0 Å². The van der Waals surface area contributed by atoms with E-state index >= 15 is 0 Å². The minimum Gasteiger partial charge on any atom is -0.494 e. The Morgan fingerprint density at radius 3 is 2.88 bits per heavy atom. The normalized spacial score (nSPS) is 10.5. The zero-order valence-corrected chi connectivity index (χ0v) is 13.8. The number of nitrogen functional groups attached to an aromatic ring is 1. The molecule has 0 saturated heterocycles. The average molecular weight is 362 g/mol. The van der Waals surface area contributed by atoms with Crippen molar-refractivity contribution in [1.29, 1.82) is 0 Å². The van der Waals surface area contributed by atoms with Crippen LogP contribution >= 0.6 is 11.6 Å². The molecule has 128 valence electrons. The lowest BCUT2D eigenvalue weighted by atomic mass is 10.2. The summed E-state index contributed by atoms with van der Waals surface area (Å²) in [5, 5.41) is 7.03. The molecule has 0 aliphatic rings. The van der Waals surface area contributed by atoms with Gasteiger partial charge in [0.1, 0.15) is 5.82 Å². The van der Waals surface area contributed by atoms with Gasteiger partial charge < -0.3 is 15.8 Å². The first-order valence-electron chi connectivity index (χ1n) is 7.10. The fourth-order valence-corrected chi connectivity index (χ4v) is 2.25. The standard InChI is InChI=1S/C16H13ClFN5O2/c1-25-13-7-10(2-3-12(13)18)23-5-4-14(22-23)21-16(24)9-6-11(17)15(19)20-8-9/h2-8H,1H3,(H2,19,20)(H,21,22,24). The van der Waals surface area contributed by atoms with Crippen LogP contribution in [0, 0.1) is 5.82 Å². The summed E-state index contributed by atoms with van der Waals surface area (Å²) in [6.45, 7) is 0. The van der Waals surface area contributed by atoms with Gasteiger partial charge in [-0.2, -0.15) is 5.10 Å². The van der Waals surface area contributed by atoms with E-state index in [2.05, 4.69) is 15.4 Å². The third kappa shape index (κ3) is 3.53. The predicted molar refractivity (Wildman–Crippen MR) is 91.7 cm³/mol. The summed E-state index contributed by atoms with van der Waals surface area (Å²) in [5.74, 6) is -0.355. The third-order valence-electron chi connectivity index (χ3n) is 3.36. The summed E-state index contributed by atoms with van der Waals surface area (Å²) >= 11 is 5.86. The van der Waals surface area contributed by atoms with Gasteiger partial charge in [-0.3, -0.25) is 4.79 Å². The van der Waals surface area contributed by atoms with E-state index < -0.39 is 11.7 Å². The molecule has 0 radical (unpaired) electrons. The molecule has 1 amide bonds. The summed E-state index contributed by atoms with van der Waals surface area (Å²) in [5.41, 5.74) is 6.34. The Hall–Kier alpha value is -3.13. The second-order valence-electron chi connectivity index (χ2n) is 5.01. The maximum atomic E-state index is 13.5. The van der Waals surface area contributed by atoms with Crippen molar-refractivity contribution in [2.75, 3.05) is 18.2 Å². The largest absolute Gasteiger partial charge is 0.494 e. The van der Waals surface area contributed by atoms with Crippen molar-refractivity contribution in [2.45, 2.75) is 0 Å². The first-order valence-corrected chi connectivity index (χ1v) is 7.47. The molecular formula is C16H13ClFN5O2. The molecule has 3 rings (SSSR count). The second-order valence-corrected chi connectivity index (χ2v) is 5.42. The van der Waals surface area contributed by atoms with E-state index in [1.807, 2.05) is 0 Å². The van der Waals surface area contributed by atoms with E-state index in [1.165, 1.54) is 36.2 Å². The highest BCUT2D eigenvalue weighted by Crippen LogP contribution is 2.21. The van der Waals surface area contributed by atoms with Crippen LogP contribution in [-0.2, 0) is 0 Å². The second kappa shape index (κ2) is 6.78. The summed E-state index contributed by atoms with van der Waals surface area (Å²) in [4.78, 5) is 16.0. The van der Waals surface area contributed by atoms with E-state index in [9.17, 15) is 9.18 Å². The van der Waals surface area contributed by atoms with Gasteiger partial charge in [-0.25, -0.2) is 14.1 Å². The molecule has 2 heterocycles. The van der Waals surface area contributed by atoms with Crippen LogP contribution in [0.5, 0.6) is 5.75 Å². The highest BCUT2D eigenvalue weighted by atomic mass is 35.5. The first kappa shape index (κ1) is 16.7. The third-order valence-corrected chi connectivity index (χ3v) is 3.66. The number of anilines is 2. The Labute approximate surface area is 147 Å². The minimum absolute atomic E-state index is 0.0983. The number of rotatable bonds is 4. The molecule has 2 aromatic heterocycles. The van der Waals surface area contributed by atoms with Crippen molar-refractivity contribution in [3.8, 4) is 11.4 Å². The Balaban J connectivity index is 1.79. The molecule has 0 unspecified atom stereocenters. The quantitative estimate of drug-likeness (QED) is 0.745. The molecule has 3 N–H and O–H groups in total. The number of aromatic nitrogens is 3. The SMILES string of the molecule is COc1cc(-n2ccc(NC(=O)c3cnc(N)c(Cl)c3)n2)ccc1F. The summed E-state index contributed by atoms with van der Waals surface area (Å²) in [6, 6.07) is 7.33. The number of carbonyl (C=O) groups excluding carboxylic acids is 1. The highest BCUT2D eigenvalue weighted by Gasteiger charge is 2.12. The molecular weight excluding hydrogens is 349 g/mol. The molecule has 0 fully saturated rings. The smallest absolute Gasteiger partial charge is 0.258 e. The number of hydrogen-bond acceptors (Lipinski definition) is 5. The van der Waals surface area contributed by atoms with Crippen molar-refractivity contribution in [3.05, 3.63) is 59.1 Å². The number of nitrogens with zero attached hydrogens (tertiary/aromatic N) is 3. The van der Waals surface area contributed by atoms with E-state index in [4.69, 9.17) is 22.1 Å². The lowest BCUT2D eigenvalue weighted by Gasteiger charge is -2.06. The van der Waals surface area contributed by atoms with Crippen molar-refractivity contribution in [2.24, 2.45) is 0 Å². The zero-order valence-electron chi connectivity index (χ0n) is 13.0. The number of methoxy groups -OCH3 is 1. The molecule has 9 heteroatoms. The van der Waals surface area contributed by atoms with Crippen LogP contribution in [0.3, 0.4) is 0 Å². The maximum Gasteiger partial charge on any atom is 0.258 e. The van der Waals surface area contributed by atoms with E-state index in [-0.39, 0.29) is 22.2 Å². The molecule has 0 bridgehead atoms. The Morgan fingerprint density at radius 2 is 2.16 bits per heavy atom. The molecule has 0 aliphatic carbocycles. The molecule has 1 aromatic carbocycles. The topological polar surface area (TPSA) is 95.1 Å². The van der Waals surface area contributed by atoms with Gasteiger partial charge in [0.25, 0.3) is 5.91 Å². The number of halogens is 2. The van der Waals surface area contributed by atoms with Gasteiger partial charge in [0.05, 0.1) is 23.4 Å². The van der Waals surface area contributed by atoms with Gasteiger partial charge in [0, 0.05) is 24.5 Å². The van der Waals surface area contributed by atoms with Crippen LogP contribution < -0.4 is 15.8 Å². The summed E-state index contributed by atoms with van der Waals surface area (Å²) in [7, 11) is 1.38. The fourth-order valence-electron chi connectivity index (χ4n) is 2.09. The number of nitrogens with two attached hydrogens (primary N) is 1. The van der Waals surface area contributed by atoms with Crippen LogP contribution in [0.2, 0.25) is 5.02 Å². The molecule has 0 aliphatic heterocycles. The molecule has 0 saturated carbocycles. The number of nitrogens with one attached hydrogen (secondary N) is 1. The van der Waals surface area contributed by atoms with Gasteiger partial charge in [-0.15, -0.1) is 0 Å². The van der Waals surface area contributed by atoms with Crippen molar-refractivity contribution in [1.82, 2.24) is 14.8 Å². The molecule has 25 heavy (non-hydrogen) atoms. The number of pyridine rings is 1. The lowest BCUT2D eigenvalue weighted by molar-refractivity contribution is 0.102. The zero-order chi connectivity index (χ0) is 18.0. The van der Waals surface area contributed by atoms with Gasteiger partial charge in [0.15, 0.2) is 17.4 Å². The van der Waals surface area contributed by atoms with E-state index in [1.54, 1.807) is 18.3 Å². The Kier molecular flexibility index (Phi) is 4.53. The summed E-state index contributed by atoms with van der Waals surface area (Å²) < 4.78 is 19.9. The lowest BCUT2D eigenvalue weighted by Crippen LogP contribution is -2.13. The maximum absolute atomic E-state index is 13.5. The van der Waals surface area contributed by atoms with Crippen LogP contribution in [0.1, 0.15) is 10.4 Å². The monoisotopic (exact) mass is 361 g/mol.